The van der Waals surface area contributed by atoms with E-state index in [1.807, 2.05) is 30.0 Å². The molecule has 1 amide bonds. The minimum absolute atomic E-state index is 0.0466. The van der Waals surface area contributed by atoms with Gasteiger partial charge in [-0.05, 0) is 45.0 Å². The SMILES string of the molecule is CC(C(=O)N1CCOCC1)N1CCC(c2nc3ccccc3[nH]2)CC1. The first-order valence-electron chi connectivity index (χ1n) is 9.27. The average Bonchev–Trinajstić information content (AvgIpc) is 3.12. The molecule has 0 saturated carbocycles. The second kappa shape index (κ2) is 7.14. The highest BCUT2D eigenvalue weighted by Crippen LogP contribution is 2.28. The van der Waals surface area contributed by atoms with Crippen molar-refractivity contribution >= 4 is 16.9 Å². The van der Waals surface area contributed by atoms with Crippen LogP contribution in [0.4, 0.5) is 0 Å². The minimum Gasteiger partial charge on any atom is -0.378 e. The van der Waals surface area contributed by atoms with Gasteiger partial charge in [0.2, 0.25) is 5.91 Å². The van der Waals surface area contributed by atoms with Crippen molar-refractivity contribution in [3.63, 3.8) is 0 Å². The number of hydrogen-bond acceptors (Lipinski definition) is 4. The fourth-order valence-corrected chi connectivity index (χ4v) is 3.93. The molecule has 2 fully saturated rings. The van der Waals surface area contributed by atoms with E-state index in [1.165, 1.54) is 0 Å². The lowest BCUT2D eigenvalue weighted by Gasteiger charge is -2.37. The molecule has 2 aliphatic heterocycles. The molecular formula is C19H26N4O2. The third kappa shape index (κ3) is 3.41. The van der Waals surface area contributed by atoms with Crippen LogP contribution in [0.25, 0.3) is 11.0 Å². The number of nitrogens with zero attached hydrogens (tertiary/aromatic N) is 3. The molecule has 1 aromatic carbocycles. The van der Waals surface area contributed by atoms with E-state index in [2.05, 4.69) is 16.0 Å². The number of amides is 1. The van der Waals surface area contributed by atoms with Crippen molar-refractivity contribution in [1.82, 2.24) is 19.8 Å². The van der Waals surface area contributed by atoms with Crippen molar-refractivity contribution in [1.29, 1.82) is 0 Å². The summed E-state index contributed by atoms with van der Waals surface area (Å²) in [6.45, 7) is 6.69. The van der Waals surface area contributed by atoms with E-state index in [-0.39, 0.29) is 11.9 Å². The minimum atomic E-state index is -0.0466. The number of carbonyl (C=O) groups is 1. The number of H-pyrrole nitrogens is 1. The molecule has 6 heteroatoms. The highest BCUT2D eigenvalue weighted by molar-refractivity contribution is 5.81. The number of nitrogens with one attached hydrogen (secondary N) is 1. The summed E-state index contributed by atoms with van der Waals surface area (Å²) >= 11 is 0. The van der Waals surface area contributed by atoms with Crippen LogP contribution in [-0.4, -0.2) is 71.1 Å². The summed E-state index contributed by atoms with van der Waals surface area (Å²) < 4.78 is 5.35. The predicted octanol–water partition coefficient (Wildman–Crippen LogP) is 1.99. The summed E-state index contributed by atoms with van der Waals surface area (Å²) in [5, 5.41) is 0. The summed E-state index contributed by atoms with van der Waals surface area (Å²) in [7, 11) is 0. The van der Waals surface area contributed by atoms with Gasteiger partial charge < -0.3 is 14.6 Å². The van der Waals surface area contributed by atoms with Crippen molar-refractivity contribution in [2.24, 2.45) is 0 Å². The Kier molecular flexibility index (Phi) is 4.72. The van der Waals surface area contributed by atoms with Gasteiger partial charge in [0.1, 0.15) is 5.82 Å². The maximum absolute atomic E-state index is 12.7. The standard InChI is InChI=1S/C19H26N4O2/c1-14(19(24)23-10-12-25-13-11-23)22-8-6-15(7-9-22)18-20-16-4-2-3-5-17(16)21-18/h2-5,14-15H,6-13H2,1H3,(H,20,21). The normalized spacial score (nSPS) is 21.6. The van der Waals surface area contributed by atoms with E-state index >= 15 is 0 Å². The van der Waals surface area contributed by atoms with E-state index in [0.717, 1.165) is 55.9 Å². The number of para-hydroxylation sites is 2. The third-order valence-corrected chi connectivity index (χ3v) is 5.55. The van der Waals surface area contributed by atoms with Gasteiger partial charge in [-0.3, -0.25) is 9.69 Å². The average molecular weight is 342 g/mol. The molecule has 1 aromatic heterocycles. The Bertz CT molecular complexity index is 697. The van der Waals surface area contributed by atoms with Crippen LogP contribution in [0.15, 0.2) is 24.3 Å². The fraction of sp³-hybridized carbons (Fsp3) is 0.579. The zero-order valence-corrected chi connectivity index (χ0v) is 14.8. The van der Waals surface area contributed by atoms with Gasteiger partial charge in [-0.15, -0.1) is 0 Å². The summed E-state index contributed by atoms with van der Waals surface area (Å²) in [6, 6.07) is 8.13. The molecule has 2 aromatic rings. The van der Waals surface area contributed by atoms with Gasteiger partial charge in [-0.1, -0.05) is 12.1 Å². The lowest BCUT2D eigenvalue weighted by atomic mass is 9.95. The Morgan fingerprint density at radius 3 is 2.64 bits per heavy atom. The molecule has 4 rings (SSSR count). The van der Waals surface area contributed by atoms with Gasteiger partial charge in [0.15, 0.2) is 0 Å². The lowest BCUT2D eigenvalue weighted by molar-refractivity contribution is -0.140. The number of fused-ring (bicyclic) bond motifs is 1. The Labute approximate surface area is 148 Å². The molecule has 134 valence electrons. The van der Waals surface area contributed by atoms with Crippen LogP contribution in [0.1, 0.15) is 31.5 Å². The Balaban J connectivity index is 1.36. The summed E-state index contributed by atoms with van der Waals surface area (Å²) in [6.07, 6.45) is 2.08. The smallest absolute Gasteiger partial charge is 0.239 e. The van der Waals surface area contributed by atoms with E-state index in [4.69, 9.17) is 9.72 Å². The molecule has 2 saturated heterocycles. The number of hydrogen-bond donors (Lipinski definition) is 1. The molecule has 25 heavy (non-hydrogen) atoms. The van der Waals surface area contributed by atoms with Crippen molar-refractivity contribution < 1.29 is 9.53 Å². The molecule has 2 aliphatic rings. The Morgan fingerprint density at radius 1 is 1.20 bits per heavy atom. The van der Waals surface area contributed by atoms with Gasteiger partial charge in [-0.2, -0.15) is 0 Å². The maximum Gasteiger partial charge on any atom is 0.239 e. The third-order valence-electron chi connectivity index (χ3n) is 5.55. The quantitative estimate of drug-likeness (QED) is 0.927. The van der Waals surface area contributed by atoms with Crippen LogP contribution < -0.4 is 0 Å². The van der Waals surface area contributed by atoms with Crippen LogP contribution in [-0.2, 0) is 9.53 Å². The van der Waals surface area contributed by atoms with E-state index < -0.39 is 0 Å². The molecule has 1 atom stereocenters. The molecule has 3 heterocycles. The molecule has 0 radical (unpaired) electrons. The lowest BCUT2D eigenvalue weighted by Crippen LogP contribution is -2.52. The first-order chi connectivity index (χ1) is 12.2. The maximum atomic E-state index is 12.7. The number of imidazole rings is 1. The number of piperidine rings is 1. The number of ether oxygens (including phenoxy) is 1. The highest BCUT2D eigenvalue weighted by atomic mass is 16.5. The number of aromatic nitrogens is 2. The first-order valence-corrected chi connectivity index (χ1v) is 9.27. The molecule has 6 nitrogen and oxygen atoms in total. The van der Waals surface area contributed by atoms with Crippen molar-refractivity contribution in [3.05, 3.63) is 30.1 Å². The van der Waals surface area contributed by atoms with Crippen molar-refractivity contribution in [2.75, 3.05) is 39.4 Å². The zero-order chi connectivity index (χ0) is 17.2. The topological polar surface area (TPSA) is 61.5 Å². The molecule has 0 bridgehead atoms. The molecule has 1 unspecified atom stereocenters. The van der Waals surface area contributed by atoms with Crippen molar-refractivity contribution in [2.45, 2.75) is 31.7 Å². The number of aromatic amines is 1. The van der Waals surface area contributed by atoms with Crippen LogP contribution in [0.3, 0.4) is 0 Å². The first kappa shape index (κ1) is 16.5. The van der Waals surface area contributed by atoms with Crippen LogP contribution >= 0.6 is 0 Å². The number of rotatable bonds is 3. The summed E-state index contributed by atoms with van der Waals surface area (Å²) in [5.41, 5.74) is 2.14. The van der Waals surface area contributed by atoms with Gasteiger partial charge in [0.05, 0.1) is 30.3 Å². The fourth-order valence-electron chi connectivity index (χ4n) is 3.93. The molecule has 0 aliphatic carbocycles. The second-order valence-electron chi connectivity index (χ2n) is 7.06. The highest BCUT2D eigenvalue weighted by Gasteiger charge is 2.31. The Morgan fingerprint density at radius 2 is 1.92 bits per heavy atom. The van der Waals surface area contributed by atoms with Crippen LogP contribution in [0.2, 0.25) is 0 Å². The monoisotopic (exact) mass is 342 g/mol. The Hall–Kier alpha value is -1.92. The van der Waals surface area contributed by atoms with Crippen molar-refractivity contribution in [3.8, 4) is 0 Å². The summed E-state index contributed by atoms with van der Waals surface area (Å²) in [4.78, 5) is 25.2. The van der Waals surface area contributed by atoms with E-state index in [9.17, 15) is 4.79 Å². The predicted molar refractivity (Wildman–Crippen MR) is 96.5 cm³/mol. The zero-order valence-electron chi connectivity index (χ0n) is 14.8. The molecule has 0 spiro atoms. The van der Waals surface area contributed by atoms with E-state index in [1.54, 1.807) is 0 Å². The summed E-state index contributed by atoms with van der Waals surface area (Å²) in [5.74, 6) is 1.79. The van der Waals surface area contributed by atoms with Crippen LogP contribution in [0, 0.1) is 0 Å². The van der Waals surface area contributed by atoms with Crippen LogP contribution in [0.5, 0.6) is 0 Å². The largest absolute Gasteiger partial charge is 0.378 e. The number of benzene rings is 1. The van der Waals surface area contributed by atoms with E-state index in [0.29, 0.717) is 19.1 Å². The van der Waals surface area contributed by atoms with Gasteiger partial charge in [0, 0.05) is 19.0 Å². The molecular weight excluding hydrogens is 316 g/mol. The molecule has 1 N–H and O–H groups in total. The van der Waals surface area contributed by atoms with Gasteiger partial charge in [0.25, 0.3) is 0 Å². The second-order valence-corrected chi connectivity index (χ2v) is 7.06. The number of morpholine rings is 1. The van der Waals surface area contributed by atoms with Gasteiger partial charge in [-0.25, -0.2) is 4.98 Å². The van der Waals surface area contributed by atoms with Gasteiger partial charge >= 0.3 is 0 Å². The number of carbonyl (C=O) groups excluding carboxylic acids is 1. The number of likely N-dealkylation sites (tertiary alicyclic amines) is 1.